The molecular formula is C21H28ClNO. The maximum absolute atomic E-state index is 6.09. The summed E-state index contributed by atoms with van der Waals surface area (Å²) in [6, 6.07) is 19.8. The summed E-state index contributed by atoms with van der Waals surface area (Å²) in [7, 11) is 0. The Bertz CT molecular complexity index is 581. The maximum atomic E-state index is 6.09. The monoisotopic (exact) mass is 345 g/mol. The van der Waals surface area contributed by atoms with E-state index in [-0.39, 0.29) is 12.4 Å². The van der Waals surface area contributed by atoms with Gasteiger partial charge in [-0.3, -0.25) is 0 Å². The van der Waals surface area contributed by atoms with Crippen molar-refractivity contribution in [2.75, 3.05) is 13.2 Å². The van der Waals surface area contributed by atoms with E-state index in [1.54, 1.807) is 0 Å². The molecular weight excluding hydrogens is 318 g/mol. The third-order valence-corrected chi connectivity index (χ3v) is 4.63. The first-order valence-corrected chi connectivity index (χ1v) is 8.90. The van der Waals surface area contributed by atoms with E-state index in [0.29, 0.717) is 6.04 Å². The Labute approximate surface area is 152 Å². The van der Waals surface area contributed by atoms with Gasteiger partial charge < -0.3 is 10.1 Å². The second-order valence-electron chi connectivity index (χ2n) is 6.38. The van der Waals surface area contributed by atoms with Crippen molar-refractivity contribution < 1.29 is 4.74 Å². The molecule has 1 heterocycles. The van der Waals surface area contributed by atoms with Crippen LogP contribution in [0.15, 0.2) is 54.6 Å². The third-order valence-electron chi connectivity index (χ3n) is 4.63. The van der Waals surface area contributed by atoms with Crippen LogP contribution in [0, 0.1) is 0 Å². The summed E-state index contributed by atoms with van der Waals surface area (Å²) in [6.07, 6.45) is 7.16. The Morgan fingerprint density at radius 1 is 0.917 bits per heavy atom. The number of hydrogen-bond donors (Lipinski definition) is 1. The van der Waals surface area contributed by atoms with Crippen molar-refractivity contribution in [1.29, 1.82) is 0 Å². The van der Waals surface area contributed by atoms with Crippen molar-refractivity contribution in [2.45, 2.75) is 44.6 Å². The lowest BCUT2D eigenvalue weighted by Crippen LogP contribution is -2.35. The molecule has 1 N–H and O–H groups in total. The van der Waals surface area contributed by atoms with Crippen molar-refractivity contribution >= 4 is 12.4 Å². The lowest BCUT2D eigenvalue weighted by atomic mass is 10.0. The van der Waals surface area contributed by atoms with Crippen LogP contribution in [0.5, 0.6) is 5.75 Å². The summed E-state index contributed by atoms with van der Waals surface area (Å²) >= 11 is 0. The number of rotatable bonds is 7. The van der Waals surface area contributed by atoms with E-state index in [2.05, 4.69) is 59.9 Å². The fraction of sp³-hybridized carbons (Fsp3) is 0.429. The van der Waals surface area contributed by atoms with Gasteiger partial charge in [0.2, 0.25) is 0 Å². The van der Waals surface area contributed by atoms with Gasteiger partial charge in [0, 0.05) is 6.04 Å². The SMILES string of the molecule is Cl.c1ccc(CCc2ccccc2OCCC2CCCCN2)cc1. The third kappa shape index (κ3) is 5.85. The largest absolute Gasteiger partial charge is 0.493 e. The minimum Gasteiger partial charge on any atom is -0.493 e. The van der Waals surface area contributed by atoms with E-state index in [0.717, 1.165) is 31.6 Å². The van der Waals surface area contributed by atoms with Crippen molar-refractivity contribution in [3.8, 4) is 5.75 Å². The Hall–Kier alpha value is -1.51. The van der Waals surface area contributed by atoms with Gasteiger partial charge in [-0.05, 0) is 55.8 Å². The Morgan fingerprint density at radius 2 is 1.71 bits per heavy atom. The highest BCUT2D eigenvalue weighted by molar-refractivity contribution is 5.85. The smallest absolute Gasteiger partial charge is 0.122 e. The molecule has 1 aliphatic rings. The van der Waals surface area contributed by atoms with Crippen molar-refractivity contribution in [1.82, 2.24) is 5.32 Å². The van der Waals surface area contributed by atoms with Gasteiger partial charge in [0.1, 0.15) is 5.75 Å². The average Bonchev–Trinajstić information content (AvgIpc) is 2.63. The molecule has 1 unspecified atom stereocenters. The summed E-state index contributed by atoms with van der Waals surface area (Å²) < 4.78 is 6.09. The molecule has 2 aromatic rings. The normalized spacial score (nSPS) is 17.1. The first-order chi connectivity index (χ1) is 11.4. The van der Waals surface area contributed by atoms with Crippen LogP contribution in [0.1, 0.15) is 36.8 Å². The number of ether oxygens (including phenoxy) is 1. The predicted molar refractivity (Wildman–Crippen MR) is 103 cm³/mol. The molecule has 2 aromatic carbocycles. The first-order valence-electron chi connectivity index (χ1n) is 8.90. The van der Waals surface area contributed by atoms with Crippen molar-refractivity contribution in [3.05, 3.63) is 65.7 Å². The molecule has 0 amide bonds. The van der Waals surface area contributed by atoms with E-state index in [4.69, 9.17) is 4.74 Å². The number of halogens is 1. The fourth-order valence-corrected chi connectivity index (χ4v) is 3.26. The number of para-hydroxylation sites is 1. The molecule has 0 saturated carbocycles. The van der Waals surface area contributed by atoms with Crippen molar-refractivity contribution in [2.24, 2.45) is 0 Å². The highest BCUT2D eigenvalue weighted by atomic mass is 35.5. The van der Waals surface area contributed by atoms with Gasteiger partial charge in [-0.2, -0.15) is 0 Å². The second-order valence-corrected chi connectivity index (χ2v) is 6.38. The quantitative estimate of drug-likeness (QED) is 0.777. The molecule has 1 atom stereocenters. The first kappa shape index (κ1) is 18.8. The summed E-state index contributed by atoms with van der Waals surface area (Å²) in [5, 5.41) is 3.59. The molecule has 0 spiro atoms. The van der Waals surface area contributed by atoms with E-state index >= 15 is 0 Å². The highest BCUT2D eigenvalue weighted by Crippen LogP contribution is 2.21. The molecule has 0 radical (unpaired) electrons. The number of nitrogens with one attached hydrogen (secondary N) is 1. The molecule has 1 saturated heterocycles. The molecule has 24 heavy (non-hydrogen) atoms. The maximum Gasteiger partial charge on any atom is 0.122 e. The molecule has 130 valence electrons. The fourth-order valence-electron chi connectivity index (χ4n) is 3.26. The number of benzene rings is 2. The summed E-state index contributed by atoms with van der Waals surface area (Å²) in [5.74, 6) is 1.05. The zero-order chi connectivity index (χ0) is 15.7. The topological polar surface area (TPSA) is 21.3 Å². The minimum absolute atomic E-state index is 0. The second kappa shape index (κ2) is 10.4. The Kier molecular flexibility index (Phi) is 8.14. The molecule has 0 aromatic heterocycles. The van der Waals surface area contributed by atoms with Gasteiger partial charge in [-0.25, -0.2) is 0 Å². The van der Waals surface area contributed by atoms with Gasteiger partial charge in [-0.1, -0.05) is 55.0 Å². The predicted octanol–water partition coefficient (Wildman–Crippen LogP) is 4.80. The van der Waals surface area contributed by atoms with Gasteiger partial charge in [0.25, 0.3) is 0 Å². The van der Waals surface area contributed by atoms with E-state index in [9.17, 15) is 0 Å². The van der Waals surface area contributed by atoms with Crippen LogP contribution >= 0.6 is 12.4 Å². The Morgan fingerprint density at radius 3 is 2.50 bits per heavy atom. The molecule has 0 aliphatic carbocycles. The number of aryl methyl sites for hydroxylation is 2. The standard InChI is InChI=1S/C21H27NO.ClH/c1-2-8-18(9-3-1)13-14-19-10-4-5-12-21(19)23-17-15-20-11-6-7-16-22-20;/h1-5,8-10,12,20,22H,6-7,11,13-17H2;1H. The van der Waals surface area contributed by atoms with Crippen LogP contribution in [0.3, 0.4) is 0 Å². The molecule has 3 rings (SSSR count). The lowest BCUT2D eigenvalue weighted by Gasteiger charge is -2.23. The van der Waals surface area contributed by atoms with Gasteiger partial charge in [-0.15, -0.1) is 12.4 Å². The summed E-state index contributed by atoms with van der Waals surface area (Å²) in [5.41, 5.74) is 2.70. The molecule has 2 nitrogen and oxygen atoms in total. The van der Waals surface area contributed by atoms with Gasteiger partial charge in [0.05, 0.1) is 6.61 Å². The van der Waals surface area contributed by atoms with Crippen LogP contribution < -0.4 is 10.1 Å². The van der Waals surface area contributed by atoms with Gasteiger partial charge >= 0.3 is 0 Å². The molecule has 1 fully saturated rings. The number of piperidine rings is 1. The molecule has 3 heteroatoms. The van der Waals surface area contributed by atoms with Crippen LogP contribution in [-0.4, -0.2) is 19.2 Å². The number of hydrogen-bond acceptors (Lipinski definition) is 2. The molecule has 1 aliphatic heterocycles. The van der Waals surface area contributed by atoms with E-state index < -0.39 is 0 Å². The minimum atomic E-state index is 0. The Balaban J connectivity index is 0.00000208. The summed E-state index contributed by atoms with van der Waals surface area (Å²) in [4.78, 5) is 0. The zero-order valence-corrected chi connectivity index (χ0v) is 15.1. The van der Waals surface area contributed by atoms with E-state index in [1.807, 2.05) is 0 Å². The average molecular weight is 346 g/mol. The van der Waals surface area contributed by atoms with Crippen LogP contribution in [0.4, 0.5) is 0 Å². The van der Waals surface area contributed by atoms with Crippen LogP contribution in [0.25, 0.3) is 0 Å². The van der Waals surface area contributed by atoms with Crippen LogP contribution in [0.2, 0.25) is 0 Å². The van der Waals surface area contributed by atoms with Crippen molar-refractivity contribution in [3.63, 3.8) is 0 Å². The lowest BCUT2D eigenvalue weighted by molar-refractivity contribution is 0.266. The molecule has 0 bridgehead atoms. The zero-order valence-electron chi connectivity index (χ0n) is 14.2. The van der Waals surface area contributed by atoms with Crippen LogP contribution in [-0.2, 0) is 12.8 Å². The highest BCUT2D eigenvalue weighted by Gasteiger charge is 2.12. The van der Waals surface area contributed by atoms with Gasteiger partial charge in [0.15, 0.2) is 0 Å². The summed E-state index contributed by atoms with van der Waals surface area (Å²) in [6.45, 7) is 1.97. The van der Waals surface area contributed by atoms with E-state index in [1.165, 1.54) is 36.9 Å².